The quantitative estimate of drug-likeness (QED) is 0.794. The third-order valence-corrected chi connectivity index (χ3v) is 3.87. The molecule has 108 valence electrons. The number of anilines is 1. The number of nitrogens with one attached hydrogen (secondary N) is 2. The molecule has 7 heteroatoms. The van der Waals surface area contributed by atoms with Gasteiger partial charge in [0, 0.05) is 16.1 Å². The highest BCUT2D eigenvalue weighted by atomic mass is 79.9. The summed E-state index contributed by atoms with van der Waals surface area (Å²) in [5.74, 6) is -1.00. The first-order chi connectivity index (χ1) is 10.00. The molecule has 6 nitrogen and oxygen atoms in total. The molecule has 0 saturated heterocycles. The first kappa shape index (κ1) is 13.8. The van der Waals surface area contributed by atoms with Gasteiger partial charge in [-0.3, -0.25) is 4.98 Å². The van der Waals surface area contributed by atoms with Gasteiger partial charge in [-0.2, -0.15) is 0 Å². The Kier molecular flexibility index (Phi) is 3.29. The van der Waals surface area contributed by atoms with Gasteiger partial charge in [0.05, 0.1) is 11.2 Å². The van der Waals surface area contributed by atoms with Crippen molar-refractivity contribution in [1.29, 1.82) is 0 Å². The lowest BCUT2D eigenvalue weighted by atomic mass is 10.2. The summed E-state index contributed by atoms with van der Waals surface area (Å²) in [5, 5.41) is 15.1. The number of carbonyl (C=O) groups excluding carboxylic acids is 1. The smallest absolute Gasteiger partial charge is 0.329 e. The molecule has 2 amide bonds. The lowest BCUT2D eigenvalue weighted by molar-refractivity contribution is -0.140. The maximum Gasteiger partial charge on any atom is 0.329 e. The van der Waals surface area contributed by atoms with E-state index in [9.17, 15) is 9.59 Å². The van der Waals surface area contributed by atoms with Gasteiger partial charge >= 0.3 is 12.0 Å². The van der Waals surface area contributed by atoms with Crippen LogP contribution in [0.25, 0.3) is 10.9 Å². The van der Waals surface area contributed by atoms with Gasteiger partial charge in [0.15, 0.2) is 0 Å². The highest BCUT2D eigenvalue weighted by Gasteiger charge is 2.51. The van der Waals surface area contributed by atoms with Gasteiger partial charge in [-0.05, 0) is 40.9 Å². The van der Waals surface area contributed by atoms with Gasteiger partial charge in [0.2, 0.25) is 0 Å². The average Bonchev–Trinajstić information content (AvgIpc) is 3.19. The number of halogens is 1. The minimum absolute atomic E-state index is 0.455. The zero-order valence-electron chi connectivity index (χ0n) is 10.9. The van der Waals surface area contributed by atoms with Crippen molar-refractivity contribution in [3.8, 4) is 0 Å². The molecule has 0 spiro atoms. The molecular formula is C14H12BrN3O3. The van der Waals surface area contributed by atoms with Crippen LogP contribution in [0.2, 0.25) is 0 Å². The van der Waals surface area contributed by atoms with Crippen LogP contribution in [0.5, 0.6) is 0 Å². The first-order valence-electron chi connectivity index (χ1n) is 6.37. The Morgan fingerprint density at radius 1 is 1.33 bits per heavy atom. The molecular weight excluding hydrogens is 338 g/mol. The summed E-state index contributed by atoms with van der Waals surface area (Å²) in [6.07, 6.45) is 2.55. The SMILES string of the molecule is O=C(Nc1cccc2cc(Br)cnc12)NC1(C(=O)O)CC1. The van der Waals surface area contributed by atoms with Gasteiger partial charge in [0.1, 0.15) is 5.54 Å². The van der Waals surface area contributed by atoms with Crippen LogP contribution in [-0.2, 0) is 4.79 Å². The number of urea groups is 1. The molecule has 21 heavy (non-hydrogen) atoms. The number of hydrogen-bond donors (Lipinski definition) is 3. The lowest BCUT2D eigenvalue weighted by Crippen LogP contribution is -2.45. The summed E-state index contributed by atoms with van der Waals surface area (Å²) < 4.78 is 0.847. The second kappa shape index (κ2) is 5.00. The number of carboxylic acids is 1. The van der Waals surface area contributed by atoms with Crippen LogP contribution < -0.4 is 10.6 Å². The summed E-state index contributed by atoms with van der Waals surface area (Å²) in [5.41, 5.74) is 0.0835. The molecule has 0 bridgehead atoms. The third kappa shape index (κ3) is 2.69. The molecule has 1 aromatic heterocycles. The fraction of sp³-hybridized carbons (Fsp3) is 0.214. The highest BCUT2D eigenvalue weighted by Crippen LogP contribution is 2.35. The summed E-state index contributed by atoms with van der Waals surface area (Å²) >= 11 is 3.34. The fourth-order valence-electron chi connectivity index (χ4n) is 2.12. The molecule has 1 aliphatic rings. The fourth-order valence-corrected chi connectivity index (χ4v) is 2.47. The molecule has 1 heterocycles. The minimum atomic E-state index is -1.11. The number of carbonyl (C=O) groups is 2. The number of amides is 2. The number of fused-ring (bicyclic) bond motifs is 1. The van der Waals surface area contributed by atoms with E-state index >= 15 is 0 Å². The zero-order valence-corrected chi connectivity index (χ0v) is 12.5. The van der Waals surface area contributed by atoms with E-state index in [1.807, 2.05) is 12.1 Å². The third-order valence-electron chi connectivity index (χ3n) is 3.44. The van der Waals surface area contributed by atoms with Crippen LogP contribution in [0.3, 0.4) is 0 Å². The van der Waals surface area contributed by atoms with Crippen molar-refractivity contribution in [2.75, 3.05) is 5.32 Å². The molecule has 2 aromatic rings. The molecule has 3 N–H and O–H groups in total. The Morgan fingerprint density at radius 3 is 2.76 bits per heavy atom. The molecule has 3 rings (SSSR count). The summed E-state index contributed by atoms with van der Waals surface area (Å²) in [7, 11) is 0. The molecule has 1 fully saturated rings. The Hall–Kier alpha value is -2.15. The number of carboxylic acid groups (broad SMARTS) is 1. The molecule has 1 aliphatic carbocycles. The number of aromatic nitrogens is 1. The van der Waals surface area contributed by atoms with Gasteiger partial charge < -0.3 is 15.7 Å². The van der Waals surface area contributed by atoms with Crippen LogP contribution in [-0.4, -0.2) is 27.6 Å². The number of hydrogen-bond acceptors (Lipinski definition) is 3. The van der Waals surface area contributed by atoms with E-state index in [2.05, 4.69) is 31.5 Å². The van der Waals surface area contributed by atoms with Crippen molar-refractivity contribution < 1.29 is 14.7 Å². The van der Waals surface area contributed by atoms with Crippen molar-refractivity contribution >= 4 is 44.5 Å². The zero-order chi connectivity index (χ0) is 15.0. The number of pyridine rings is 1. The van der Waals surface area contributed by atoms with Crippen molar-refractivity contribution in [2.45, 2.75) is 18.4 Å². The van der Waals surface area contributed by atoms with Crippen LogP contribution in [0.4, 0.5) is 10.5 Å². The number of nitrogens with zero attached hydrogens (tertiary/aromatic N) is 1. The van der Waals surface area contributed by atoms with E-state index < -0.39 is 17.5 Å². The Balaban J connectivity index is 1.82. The molecule has 0 unspecified atom stereocenters. The van der Waals surface area contributed by atoms with Crippen LogP contribution in [0.15, 0.2) is 34.9 Å². The van der Waals surface area contributed by atoms with E-state index in [1.54, 1.807) is 18.3 Å². The molecule has 0 radical (unpaired) electrons. The van der Waals surface area contributed by atoms with Gasteiger partial charge in [-0.25, -0.2) is 9.59 Å². The van der Waals surface area contributed by atoms with E-state index in [-0.39, 0.29) is 0 Å². The second-order valence-corrected chi connectivity index (χ2v) is 5.91. The number of rotatable bonds is 3. The maximum atomic E-state index is 12.0. The van der Waals surface area contributed by atoms with Gasteiger partial charge in [-0.1, -0.05) is 12.1 Å². The van der Waals surface area contributed by atoms with E-state index in [0.29, 0.717) is 24.0 Å². The van der Waals surface area contributed by atoms with Crippen LogP contribution >= 0.6 is 15.9 Å². The molecule has 1 saturated carbocycles. The van der Waals surface area contributed by atoms with Crippen LogP contribution in [0, 0.1) is 0 Å². The molecule has 0 atom stereocenters. The molecule has 1 aromatic carbocycles. The Bertz CT molecular complexity index is 743. The predicted molar refractivity (Wildman–Crippen MR) is 81.2 cm³/mol. The Labute approximate surface area is 128 Å². The monoisotopic (exact) mass is 349 g/mol. The summed E-state index contributed by atoms with van der Waals surface area (Å²) in [6.45, 7) is 0. The topological polar surface area (TPSA) is 91.3 Å². The van der Waals surface area contributed by atoms with Crippen molar-refractivity contribution in [3.05, 3.63) is 34.9 Å². The highest BCUT2D eigenvalue weighted by molar-refractivity contribution is 9.10. The number of benzene rings is 1. The first-order valence-corrected chi connectivity index (χ1v) is 7.16. The maximum absolute atomic E-state index is 12.0. The predicted octanol–water partition coefficient (Wildman–Crippen LogP) is 2.74. The minimum Gasteiger partial charge on any atom is -0.480 e. The molecule has 0 aliphatic heterocycles. The van der Waals surface area contributed by atoms with Gasteiger partial charge in [-0.15, -0.1) is 0 Å². The average molecular weight is 350 g/mol. The van der Waals surface area contributed by atoms with E-state index in [0.717, 1.165) is 9.86 Å². The van der Waals surface area contributed by atoms with E-state index in [4.69, 9.17) is 5.11 Å². The lowest BCUT2D eigenvalue weighted by Gasteiger charge is -2.14. The second-order valence-electron chi connectivity index (χ2n) is 5.00. The largest absolute Gasteiger partial charge is 0.480 e. The van der Waals surface area contributed by atoms with Crippen LogP contribution in [0.1, 0.15) is 12.8 Å². The standard InChI is InChI=1S/C14H12BrN3O3/c15-9-6-8-2-1-3-10(11(8)16-7-9)17-13(21)18-14(4-5-14)12(19)20/h1-3,6-7H,4-5H2,(H,19,20)(H2,17,18,21). The number of para-hydroxylation sites is 1. The van der Waals surface area contributed by atoms with Crippen molar-refractivity contribution in [2.24, 2.45) is 0 Å². The normalized spacial score (nSPS) is 15.5. The summed E-state index contributed by atoms with van der Waals surface area (Å²) in [4.78, 5) is 27.3. The Morgan fingerprint density at radius 2 is 2.10 bits per heavy atom. The number of aliphatic carboxylic acids is 1. The summed E-state index contributed by atoms with van der Waals surface area (Å²) in [6, 6.07) is 6.77. The van der Waals surface area contributed by atoms with E-state index in [1.165, 1.54) is 0 Å². The van der Waals surface area contributed by atoms with Gasteiger partial charge in [0.25, 0.3) is 0 Å². The van der Waals surface area contributed by atoms with Crippen molar-refractivity contribution in [3.63, 3.8) is 0 Å². The van der Waals surface area contributed by atoms with Crippen molar-refractivity contribution in [1.82, 2.24) is 10.3 Å².